The predicted octanol–water partition coefficient (Wildman–Crippen LogP) is 3.24. The first-order valence-corrected chi connectivity index (χ1v) is 5.92. The molecule has 1 unspecified atom stereocenters. The van der Waals surface area contributed by atoms with E-state index in [0.29, 0.717) is 6.04 Å². The van der Waals surface area contributed by atoms with Gasteiger partial charge < -0.3 is 10.1 Å². The van der Waals surface area contributed by atoms with Crippen molar-refractivity contribution in [2.24, 2.45) is 0 Å². The van der Waals surface area contributed by atoms with Crippen LogP contribution in [0.1, 0.15) is 25.8 Å². The molecule has 0 saturated carbocycles. The molecule has 94 valence electrons. The van der Waals surface area contributed by atoms with E-state index in [-0.39, 0.29) is 11.6 Å². The summed E-state index contributed by atoms with van der Waals surface area (Å²) in [5.41, 5.74) is 0.841. The zero-order chi connectivity index (χ0) is 12.7. The second-order valence-corrected chi connectivity index (χ2v) is 4.00. The van der Waals surface area contributed by atoms with E-state index < -0.39 is 0 Å². The molecule has 1 aromatic rings. The van der Waals surface area contributed by atoms with Gasteiger partial charge in [-0.1, -0.05) is 25.1 Å². The van der Waals surface area contributed by atoms with Crippen molar-refractivity contribution in [1.29, 1.82) is 0 Å². The maximum Gasteiger partial charge on any atom is 0.165 e. The zero-order valence-electron chi connectivity index (χ0n) is 10.7. The maximum atomic E-state index is 13.4. The topological polar surface area (TPSA) is 21.3 Å². The standard InChI is InChI=1S/C14H20FNO/c1-4-9-16-11(2)5-6-12-7-8-14(17-3)13(15)10-12/h5-8,10-11,16H,4,9H2,1-3H3/b6-5+. The molecule has 0 amide bonds. The third-order valence-electron chi connectivity index (χ3n) is 2.47. The fraction of sp³-hybridized carbons (Fsp3) is 0.429. The number of hydrogen-bond donors (Lipinski definition) is 1. The normalized spacial score (nSPS) is 12.9. The summed E-state index contributed by atoms with van der Waals surface area (Å²) in [5, 5.41) is 3.33. The maximum absolute atomic E-state index is 13.4. The van der Waals surface area contributed by atoms with E-state index in [2.05, 4.69) is 19.2 Å². The molecule has 2 nitrogen and oxygen atoms in total. The van der Waals surface area contributed by atoms with E-state index in [0.717, 1.165) is 18.5 Å². The number of halogens is 1. The first kappa shape index (κ1) is 13.7. The molecule has 0 bridgehead atoms. The molecular formula is C14H20FNO. The molecule has 17 heavy (non-hydrogen) atoms. The monoisotopic (exact) mass is 237 g/mol. The van der Waals surface area contributed by atoms with Crippen LogP contribution in [0.2, 0.25) is 0 Å². The number of rotatable bonds is 6. The van der Waals surface area contributed by atoms with Gasteiger partial charge in [0.2, 0.25) is 0 Å². The van der Waals surface area contributed by atoms with Crippen LogP contribution in [-0.4, -0.2) is 19.7 Å². The molecule has 1 rings (SSSR count). The number of methoxy groups -OCH3 is 1. The molecule has 0 aromatic heterocycles. The van der Waals surface area contributed by atoms with Gasteiger partial charge in [-0.05, 0) is 37.6 Å². The van der Waals surface area contributed by atoms with Crippen LogP contribution in [0.25, 0.3) is 6.08 Å². The summed E-state index contributed by atoms with van der Waals surface area (Å²) in [6.07, 6.45) is 5.04. The predicted molar refractivity (Wildman–Crippen MR) is 69.7 cm³/mol. The van der Waals surface area contributed by atoms with Gasteiger partial charge in [-0.15, -0.1) is 0 Å². The van der Waals surface area contributed by atoms with Gasteiger partial charge in [-0.3, -0.25) is 0 Å². The van der Waals surface area contributed by atoms with Gasteiger partial charge in [0, 0.05) is 6.04 Å². The van der Waals surface area contributed by atoms with Crippen LogP contribution in [0, 0.1) is 5.82 Å². The van der Waals surface area contributed by atoms with Crippen LogP contribution in [0.5, 0.6) is 5.75 Å². The van der Waals surface area contributed by atoms with E-state index in [1.54, 1.807) is 6.07 Å². The van der Waals surface area contributed by atoms with E-state index in [1.165, 1.54) is 13.2 Å². The Morgan fingerprint density at radius 1 is 1.47 bits per heavy atom. The smallest absolute Gasteiger partial charge is 0.165 e. The van der Waals surface area contributed by atoms with Gasteiger partial charge in [0.1, 0.15) is 0 Å². The fourth-order valence-electron chi connectivity index (χ4n) is 1.48. The highest BCUT2D eigenvalue weighted by Gasteiger charge is 2.01. The summed E-state index contributed by atoms with van der Waals surface area (Å²) in [4.78, 5) is 0. The quantitative estimate of drug-likeness (QED) is 0.820. The van der Waals surface area contributed by atoms with Gasteiger partial charge in [0.05, 0.1) is 7.11 Å². The minimum atomic E-state index is -0.330. The minimum absolute atomic E-state index is 0.277. The SMILES string of the molecule is CCCNC(C)/C=C/c1ccc(OC)c(F)c1. The van der Waals surface area contributed by atoms with Crippen molar-refractivity contribution in [3.05, 3.63) is 35.7 Å². The first-order valence-electron chi connectivity index (χ1n) is 5.92. The lowest BCUT2D eigenvalue weighted by atomic mass is 10.1. The summed E-state index contributed by atoms with van der Waals surface area (Å²) < 4.78 is 18.3. The average molecular weight is 237 g/mol. The number of benzene rings is 1. The van der Waals surface area contributed by atoms with Gasteiger partial charge >= 0.3 is 0 Å². The largest absolute Gasteiger partial charge is 0.494 e. The Kier molecular flexibility index (Phi) is 5.70. The summed E-state index contributed by atoms with van der Waals surface area (Å²) in [5.74, 6) is -0.0527. The first-order chi connectivity index (χ1) is 8.17. The molecule has 1 aromatic carbocycles. The molecule has 1 N–H and O–H groups in total. The van der Waals surface area contributed by atoms with Gasteiger partial charge in [-0.25, -0.2) is 4.39 Å². The molecule has 0 radical (unpaired) electrons. The molecular weight excluding hydrogens is 217 g/mol. The molecule has 0 aliphatic rings. The van der Waals surface area contributed by atoms with Crippen molar-refractivity contribution >= 4 is 6.08 Å². The molecule has 3 heteroatoms. The molecule has 0 heterocycles. The van der Waals surface area contributed by atoms with E-state index >= 15 is 0 Å². The van der Waals surface area contributed by atoms with Crippen LogP contribution in [0.3, 0.4) is 0 Å². The van der Waals surface area contributed by atoms with Crippen molar-refractivity contribution in [3.8, 4) is 5.75 Å². The Morgan fingerprint density at radius 2 is 2.24 bits per heavy atom. The van der Waals surface area contributed by atoms with Crippen LogP contribution in [0.15, 0.2) is 24.3 Å². The van der Waals surface area contributed by atoms with Crippen LogP contribution in [0.4, 0.5) is 4.39 Å². The fourth-order valence-corrected chi connectivity index (χ4v) is 1.48. The second-order valence-electron chi connectivity index (χ2n) is 4.00. The molecule has 0 aliphatic heterocycles. The summed E-state index contributed by atoms with van der Waals surface area (Å²) >= 11 is 0. The van der Waals surface area contributed by atoms with Crippen molar-refractivity contribution < 1.29 is 9.13 Å². The Bertz CT molecular complexity index is 376. The Morgan fingerprint density at radius 3 is 2.82 bits per heavy atom. The third-order valence-corrected chi connectivity index (χ3v) is 2.47. The Labute approximate surface area is 102 Å². The van der Waals surface area contributed by atoms with Crippen molar-refractivity contribution in [1.82, 2.24) is 5.32 Å². The lowest BCUT2D eigenvalue weighted by molar-refractivity contribution is 0.386. The molecule has 0 spiro atoms. The van der Waals surface area contributed by atoms with Gasteiger partial charge in [0.25, 0.3) is 0 Å². The molecule has 0 saturated heterocycles. The summed E-state index contributed by atoms with van der Waals surface area (Å²) in [6, 6.07) is 5.24. The second kappa shape index (κ2) is 7.07. The molecule has 0 fully saturated rings. The van der Waals surface area contributed by atoms with E-state index in [1.807, 2.05) is 18.2 Å². The van der Waals surface area contributed by atoms with Crippen molar-refractivity contribution in [2.45, 2.75) is 26.3 Å². The van der Waals surface area contributed by atoms with Crippen LogP contribution >= 0.6 is 0 Å². The van der Waals surface area contributed by atoms with Crippen molar-refractivity contribution in [3.63, 3.8) is 0 Å². The Balaban J connectivity index is 2.62. The molecule has 1 atom stereocenters. The van der Waals surface area contributed by atoms with E-state index in [4.69, 9.17) is 4.74 Å². The van der Waals surface area contributed by atoms with Gasteiger partial charge in [-0.2, -0.15) is 0 Å². The summed E-state index contributed by atoms with van der Waals surface area (Å²) in [7, 11) is 1.46. The average Bonchev–Trinajstić information content (AvgIpc) is 2.34. The summed E-state index contributed by atoms with van der Waals surface area (Å²) in [6.45, 7) is 5.19. The lowest BCUT2D eigenvalue weighted by Crippen LogP contribution is -2.24. The molecule has 0 aliphatic carbocycles. The third kappa shape index (κ3) is 4.57. The highest BCUT2D eigenvalue weighted by atomic mass is 19.1. The number of ether oxygens (including phenoxy) is 1. The van der Waals surface area contributed by atoms with Crippen molar-refractivity contribution in [2.75, 3.05) is 13.7 Å². The van der Waals surface area contributed by atoms with Crippen LogP contribution in [-0.2, 0) is 0 Å². The van der Waals surface area contributed by atoms with Gasteiger partial charge in [0.15, 0.2) is 11.6 Å². The number of nitrogens with one attached hydrogen (secondary N) is 1. The number of hydrogen-bond acceptors (Lipinski definition) is 2. The highest BCUT2D eigenvalue weighted by Crippen LogP contribution is 2.18. The minimum Gasteiger partial charge on any atom is -0.494 e. The zero-order valence-corrected chi connectivity index (χ0v) is 10.7. The van der Waals surface area contributed by atoms with E-state index in [9.17, 15) is 4.39 Å². The van der Waals surface area contributed by atoms with Crippen LogP contribution < -0.4 is 10.1 Å². The highest BCUT2D eigenvalue weighted by molar-refractivity contribution is 5.51. The lowest BCUT2D eigenvalue weighted by Gasteiger charge is -2.07. The Hall–Kier alpha value is -1.35.